The summed E-state index contributed by atoms with van der Waals surface area (Å²) >= 11 is 6.28. The van der Waals surface area contributed by atoms with E-state index in [9.17, 15) is 4.79 Å². The van der Waals surface area contributed by atoms with E-state index in [4.69, 9.17) is 16.3 Å². The Morgan fingerprint density at radius 3 is 2.54 bits per heavy atom. The number of halogens is 1. The van der Waals surface area contributed by atoms with E-state index in [1.807, 2.05) is 24.0 Å². The third kappa shape index (κ3) is 4.32. The number of piperazine rings is 1. The predicted molar refractivity (Wildman–Crippen MR) is 109 cm³/mol. The van der Waals surface area contributed by atoms with Crippen molar-refractivity contribution in [1.29, 1.82) is 0 Å². The van der Waals surface area contributed by atoms with Gasteiger partial charge in [-0.2, -0.15) is 9.78 Å². The van der Waals surface area contributed by atoms with Gasteiger partial charge in [0.15, 0.2) is 0 Å². The van der Waals surface area contributed by atoms with Gasteiger partial charge >= 0.3 is 6.03 Å². The van der Waals surface area contributed by atoms with Crippen LogP contribution in [0, 0.1) is 6.92 Å². The summed E-state index contributed by atoms with van der Waals surface area (Å²) < 4.78 is 6.91. The third-order valence-electron chi connectivity index (χ3n) is 5.35. The lowest BCUT2D eigenvalue weighted by atomic mass is 10.1. The van der Waals surface area contributed by atoms with Gasteiger partial charge in [-0.3, -0.25) is 4.90 Å². The van der Waals surface area contributed by atoms with Crippen molar-refractivity contribution in [2.24, 2.45) is 0 Å². The molecule has 0 atom stereocenters. The van der Waals surface area contributed by atoms with E-state index in [-0.39, 0.29) is 6.03 Å². The summed E-state index contributed by atoms with van der Waals surface area (Å²) in [6, 6.07) is 7.93. The number of amides is 1. The molecule has 0 N–H and O–H groups in total. The van der Waals surface area contributed by atoms with Crippen molar-refractivity contribution in [3.63, 3.8) is 0 Å². The summed E-state index contributed by atoms with van der Waals surface area (Å²) in [4.78, 5) is 19.2. The SMILES string of the molecule is Cc1ccn(C(=O)N2CCN(Cc3cc(Cl)ccc3N3CCOCC3)CC2)n1. The molecule has 0 bridgehead atoms. The van der Waals surface area contributed by atoms with Crippen LogP contribution in [0.5, 0.6) is 0 Å². The lowest BCUT2D eigenvalue weighted by Gasteiger charge is -2.36. The highest BCUT2D eigenvalue weighted by atomic mass is 35.5. The molecular weight excluding hydrogens is 378 g/mol. The van der Waals surface area contributed by atoms with Crippen molar-refractivity contribution in [2.75, 3.05) is 57.4 Å². The Kier molecular flexibility index (Phi) is 5.85. The Morgan fingerprint density at radius 2 is 1.86 bits per heavy atom. The smallest absolute Gasteiger partial charge is 0.344 e. The fourth-order valence-electron chi connectivity index (χ4n) is 3.80. The van der Waals surface area contributed by atoms with Crippen LogP contribution in [-0.2, 0) is 11.3 Å². The molecule has 2 aliphatic heterocycles. The molecule has 0 saturated carbocycles. The van der Waals surface area contributed by atoms with Gasteiger partial charge in [0, 0.05) is 62.7 Å². The maximum atomic E-state index is 12.6. The summed E-state index contributed by atoms with van der Waals surface area (Å²) in [7, 11) is 0. The Bertz CT molecular complexity index is 826. The van der Waals surface area contributed by atoms with Crippen LogP contribution >= 0.6 is 11.6 Å². The minimum Gasteiger partial charge on any atom is -0.378 e. The Hall–Kier alpha value is -2.09. The van der Waals surface area contributed by atoms with Crippen LogP contribution in [0.2, 0.25) is 5.02 Å². The minimum absolute atomic E-state index is 0.0514. The number of aromatic nitrogens is 2. The summed E-state index contributed by atoms with van der Waals surface area (Å²) in [6.45, 7) is 9.11. The average molecular weight is 404 g/mol. The van der Waals surface area contributed by atoms with E-state index in [0.717, 1.165) is 56.7 Å². The average Bonchev–Trinajstić information content (AvgIpc) is 3.15. The molecule has 2 fully saturated rings. The maximum Gasteiger partial charge on any atom is 0.344 e. The number of anilines is 1. The number of benzene rings is 1. The number of nitrogens with zero attached hydrogens (tertiary/aromatic N) is 5. The lowest BCUT2D eigenvalue weighted by Crippen LogP contribution is -2.49. The molecule has 1 aromatic heterocycles. The van der Waals surface area contributed by atoms with Gasteiger partial charge in [0.2, 0.25) is 0 Å². The standard InChI is InChI=1S/C20H26ClN5O2/c1-16-4-5-26(22-16)20(27)25-8-6-23(7-9-25)15-17-14-18(21)2-3-19(17)24-10-12-28-13-11-24/h2-5,14H,6-13,15H2,1H3. The van der Waals surface area contributed by atoms with Crippen molar-refractivity contribution >= 4 is 23.3 Å². The number of hydrogen-bond acceptors (Lipinski definition) is 5. The normalized spacial score (nSPS) is 18.5. The van der Waals surface area contributed by atoms with E-state index in [2.05, 4.69) is 27.0 Å². The molecule has 150 valence electrons. The lowest BCUT2D eigenvalue weighted by molar-refractivity contribution is 0.122. The van der Waals surface area contributed by atoms with Gasteiger partial charge in [0.05, 0.1) is 18.9 Å². The molecule has 0 spiro atoms. The highest BCUT2D eigenvalue weighted by Gasteiger charge is 2.24. The van der Waals surface area contributed by atoms with Crippen LogP contribution in [0.4, 0.5) is 10.5 Å². The molecular formula is C20H26ClN5O2. The van der Waals surface area contributed by atoms with Gasteiger partial charge in [-0.1, -0.05) is 11.6 Å². The number of hydrogen-bond donors (Lipinski definition) is 0. The number of morpholine rings is 1. The Balaban J connectivity index is 1.39. The molecule has 1 amide bonds. The van der Waals surface area contributed by atoms with Crippen LogP contribution < -0.4 is 4.90 Å². The Morgan fingerprint density at radius 1 is 1.11 bits per heavy atom. The first-order valence-electron chi connectivity index (χ1n) is 9.75. The largest absolute Gasteiger partial charge is 0.378 e. The zero-order valence-electron chi connectivity index (χ0n) is 16.2. The quantitative estimate of drug-likeness (QED) is 0.788. The van der Waals surface area contributed by atoms with Crippen molar-refractivity contribution in [3.05, 3.63) is 46.7 Å². The fraction of sp³-hybridized carbons (Fsp3) is 0.500. The van der Waals surface area contributed by atoms with E-state index in [1.165, 1.54) is 15.9 Å². The first-order valence-corrected chi connectivity index (χ1v) is 10.1. The minimum atomic E-state index is -0.0514. The summed E-state index contributed by atoms with van der Waals surface area (Å²) in [5.41, 5.74) is 3.32. The number of aryl methyl sites for hydroxylation is 1. The molecule has 7 nitrogen and oxygen atoms in total. The number of rotatable bonds is 3. The third-order valence-corrected chi connectivity index (χ3v) is 5.58. The van der Waals surface area contributed by atoms with Crippen molar-refractivity contribution < 1.29 is 9.53 Å². The molecule has 2 saturated heterocycles. The molecule has 1 aromatic carbocycles. The van der Waals surface area contributed by atoms with Gasteiger partial charge in [-0.15, -0.1) is 0 Å². The zero-order valence-corrected chi connectivity index (χ0v) is 16.9. The maximum absolute atomic E-state index is 12.6. The predicted octanol–water partition coefficient (Wildman–Crippen LogP) is 2.47. The molecule has 3 heterocycles. The molecule has 0 unspecified atom stereocenters. The van der Waals surface area contributed by atoms with Crippen LogP contribution in [0.25, 0.3) is 0 Å². The van der Waals surface area contributed by atoms with Crippen LogP contribution in [0.15, 0.2) is 30.5 Å². The van der Waals surface area contributed by atoms with E-state index in [0.29, 0.717) is 13.1 Å². The van der Waals surface area contributed by atoms with Crippen LogP contribution in [-0.4, -0.2) is 78.1 Å². The van der Waals surface area contributed by atoms with Crippen molar-refractivity contribution in [1.82, 2.24) is 19.6 Å². The number of carbonyl (C=O) groups is 1. The zero-order chi connectivity index (χ0) is 19.5. The highest BCUT2D eigenvalue weighted by Crippen LogP contribution is 2.27. The molecule has 8 heteroatoms. The van der Waals surface area contributed by atoms with Gasteiger partial charge in [0.1, 0.15) is 0 Å². The molecule has 0 aliphatic carbocycles. The van der Waals surface area contributed by atoms with Crippen LogP contribution in [0.1, 0.15) is 11.3 Å². The molecule has 28 heavy (non-hydrogen) atoms. The second-order valence-corrected chi connectivity index (χ2v) is 7.76. The highest BCUT2D eigenvalue weighted by molar-refractivity contribution is 6.30. The molecule has 2 aliphatic rings. The van der Waals surface area contributed by atoms with Gasteiger partial charge in [0.25, 0.3) is 0 Å². The van der Waals surface area contributed by atoms with E-state index in [1.54, 1.807) is 6.20 Å². The van der Waals surface area contributed by atoms with Crippen molar-refractivity contribution in [2.45, 2.75) is 13.5 Å². The number of ether oxygens (including phenoxy) is 1. The van der Waals surface area contributed by atoms with Crippen molar-refractivity contribution in [3.8, 4) is 0 Å². The van der Waals surface area contributed by atoms with Gasteiger partial charge in [-0.05, 0) is 36.8 Å². The van der Waals surface area contributed by atoms with E-state index < -0.39 is 0 Å². The second-order valence-electron chi connectivity index (χ2n) is 7.32. The first-order chi connectivity index (χ1) is 13.6. The molecule has 4 rings (SSSR count). The van der Waals surface area contributed by atoms with E-state index >= 15 is 0 Å². The fourth-order valence-corrected chi connectivity index (χ4v) is 3.99. The van der Waals surface area contributed by atoms with Gasteiger partial charge in [-0.25, -0.2) is 4.79 Å². The first kappa shape index (κ1) is 19.2. The Labute approximate surface area is 170 Å². The summed E-state index contributed by atoms with van der Waals surface area (Å²) in [6.07, 6.45) is 1.73. The monoisotopic (exact) mass is 403 g/mol. The van der Waals surface area contributed by atoms with Gasteiger partial charge < -0.3 is 14.5 Å². The summed E-state index contributed by atoms with van der Waals surface area (Å²) in [5.74, 6) is 0. The van der Waals surface area contributed by atoms with Crippen LogP contribution in [0.3, 0.4) is 0 Å². The topological polar surface area (TPSA) is 53.8 Å². The summed E-state index contributed by atoms with van der Waals surface area (Å²) in [5, 5.41) is 4.99. The molecule has 2 aromatic rings. The molecule has 0 radical (unpaired) electrons. The second kappa shape index (κ2) is 8.51. The number of carbonyl (C=O) groups excluding carboxylic acids is 1.